The Labute approximate surface area is 137 Å². The fraction of sp³-hybridized carbons (Fsp3) is 0.333. The van der Waals surface area contributed by atoms with E-state index in [1.807, 2.05) is 24.4 Å². The zero-order valence-electron chi connectivity index (χ0n) is 13.6. The third-order valence-electron chi connectivity index (χ3n) is 3.76. The summed E-state index contributed by atoms with van der Waals surface area (Å²) in [5.74, 6) is 0.104. The van der Waals surface area contributed by atoms with Gasteiger partial charge in [-0.2, -0.15) is 0 Å². The number of carboxylic acids is 1. The Kier molecular flexibility index (Phi) is 6.11. The molecule has 0 fully saturated rings. The van der Waals surface area contributed by atoms with Crippen LogP contribution < -0.4 is 10.2 Å². The van der Waals surface area contributed by atoms with Crippen molar-refractivity contribution in [2.24, 2.45) is 0 Å². The number of carboxylic acid groups (broad SMARTS) is 1. The van der Waals surface area contributed by atoms with Gasteiger partial charge in [-0.05, 0) is 43.2 Å². The number of carbonyl (C=O) groups is 1. The van der Waals surface area contributed by atoms with Crippen LogP contribution in [0, 0.1) is 0 Å². The zero-order chi connectivity index (χ0) is 16.7. The summed E-state index contributed by atoms with van der Waals surface area (Å²) >= 11 is 0. The van der Waals surface area contributed by atoms with Crippen LogP contribution in [-0.4, -0.2) is 29.1 Å². The highest BCUT2D eigenvalue weighted by molar-refractivity contribution is 5.87. The predicted molar refractivity (Wildman–Crippen MR) is 91.7 cm³/mol. The zero-order valence-corrected chi connectivity index (χ0v) is 13.6. The normalized spacial score (nSPS) is 10.5. The van der Waals surface area contributed by atoms with Gasteiger partial charge in [-0.25, -0.2) is 9.78 Å². The summed E-state index contributed by atoms with van der Waals surface area (Å²) in [6.07, 6.45) is 1.90. The molecule has 23 heavy (non-hydrogen) atoms. The van der Waals surface area contributed by atoms with E-state index in [-0.39, 0.29) is 0 Å². The molecule has 0 spiro atoms. The van der Waals surface area contributed by atoms with E-state index in [4.69, 9.17) is 5.11 Å². The molecular weight excluding hydrogens is 290 g/mol. The minimum Gasteiger partial charge on any atom is -0.478 e. The van der Waals surface area contributed by atoms with Crippen molar-refractivity contribution in [2.75, 3.05) is 18.0 Å². The van der Waals surface area contributed by atoms with Crippen LogP contribution in [0.15, 0.2) is 42.6 Å². The molecule has 1 aromatic heterocycles. The smallest absolute Gasteiger partial charge is 0.335 e. The molecule has 0 amide bonds. The molecule has 122 valence electrons. The lowest BCUT2D eigenvalue weighted by Gasteiger charge is -2.19. The predicted octanol–water partition coefficient (Wildman–Crippen LogP) is 2.92. The van der Waals surface area contributed by atoms with Crippen LogP contribution in [0.4, 0.5) is 5.82 Å². The highest BCUT2D eigenvalue weighted by atomic mass is 16.4. The van der Waals surface area contributed by atoms with Gasteiger partial charge in [0, 0.05) is 32.4 Å². The molecule has 0 radical (unpaired) electrons. The van der Waals surface area contributed by atoms with Crippen LogP contribution in [0.3, 0.4) is 0 Å². The molecular formula is C18H23N3O2. The Bertz CT molecular complexity index is 620. The van der Waals surface area contributed by atoms with E-state index in [0.717, 1.165) is 36.6 Å². The molecule has 1 heterocycles. The van der Waals surface area contributed by atoms with E-state index in [0.29, 0.717) is 12.1 Å². The lowest BCUT2D eigenvalue weighted by atomic mass is 10.1. The Balaban J connectivity index is 1.85. The average Bonchev–Trinajstić information content (AvgIpc) is 2.58. The van der Waals surface area contributed by atoms with Crippen molar-refractivity contribution in [1.29, 1.82) is 0 Å². The van der Waals surface area contributed by atoms with E-state index in [2.05, 4.69) is 35.1 Å². The van der Waals surface area contributed by atoms with Crippen molar-refractivity contribution in [3.8, 4) is 0 Å². The number of aromatic nitrogens is 1. The first-order valence-corrected chi connectivity index (χ1v) is 7.86. The van der Waals surface area contributed by atoms with Crippen LogP contribution in [0.5, 0.6) is 0 Å². The SMILES string of the molecule is CCN(CC)c1ccc(CNCc2ccc(C(=O)O)cc2)cn1. The Morgan fingerprint density at radius 1 is 1.04 bits per heavy atom. The maximum atomic E-state index is 10.8. The summed E-state index contributed by atoms with van der Waals surface area (Å²) in [4.78, 5) is 17.5. The summed E-state index contributed by atoms with van der Waals surface area (Å²) in [6.45, 7) is 7.57. The van der Waals surface area contributed by atoms with Gasteiger partial charge in [0.1, 0.15) is 5.82 Å². The first-order valence-electron chi connectivity index (χ1n) is 7.86. The molecule has 2 N–H and O–H groups in total. The Morgan fingerprint density at radius 3 is 2.17 bits per heavy atom. The third kappa shape index (κ3) is 4.79. The molecule has 5 nitrogen and oxygen atoms in total. The van der Waals surface area contributed by atoms with Gasteiger partial charge in [-0.1, -0.05) is 18.2 Å². The second-order valence-corrected chi connectivity index (χ2v) is 5.30. The quantitative estimate of drug-likeness (QED) is 0.784. The number of anilines is 1. The van der Waals surface area contributed by atoms with Gasteiger partial charge in [0.15, 0.2) is 0 Å². The molecule has 0 aliphatic carbocycles. The number of pyridine rings is 1. The van der Waals surface area contributed by atoms with Crippen LogP contribution in [0.25, 0.3) is 0 Å². The summed E-state index contributed by atoms with van der Waals surface area (Å²) in [5, 5.41) is 12.2. The Morgan fingerprint density at radius 2 is 1.65 bits per heavy atom. The lowest BCUT2D eigenvalue weighted by molar-refractivity contribution is 0.0697. The molecule has 0 unspecified atom stereocenters. The molecule has 0 bridgehead atoms. The third-order valence-corrected chi connectivity index (χ3v) is 3.76. The fourth-order valence-corrected chi connectivity index (χ4v) is 2.37. The molecule has 5 heteroatoms. The van der Waals surface area contributed by atoms with Crippen molar-refractivity contribution in [3.63, 3.8) is 0 Å². The Hall–Kier alpha value is -2.40. The van der Waals surface area contributed by atoms with Crippen LogP contribution >= 0.6 is 0 Å². The van der Waals surface area contributed by atoms with E-state index in [1.165, 1.54) is 0 Å². The standard InChI is InChI=1S/C18H23N3O2/c1-3-21(4-2)17-10-7-15(13-20-17)12-19-11-14-5-8-16(9-6-14)18(22)23/h5-10,13,19H,3-4,11-12H2,1-2H3,(H,22,23). The maximum Gasteiger partial charge on any atom is 0.335 e. The van der Waals surface area contributed by atoms with Crippen molar-refractivity contribution >= 4 is 11.8 Å². The van der Waals surface area contributed by atoms with Crippen molar-refractivity contribution in [1.82, 2.24) is 10.3 Å². The first kappa shape index (κ1) is 17.0. The minimum atomic E-state index is -0.899. The van der Waals surface area contributed by atoms with E-state index < -0.39 is 5.97 Å². The lowest BCUT2D eigenvalue weighted by Crippen LogP contribution is -2.23. The molecule has 0 saturated heterocycles. The first-order chi connectivity index (χ1) is 11.1. The molecule has 2 rings (SSSR count). The topological polar surface area (TPSA) is 65.5 Å². The van der Waals surface area contributed by atoms with Crippen molar-refractivity contribution < 1.29 is 9.90 Å². The molecule has 0 atom stereocenters. The molecule has 0 saturated carbocycles. The van der Waals surface area contributed by atoms with E-state index in [9.17, 15) is 4.79 Å². The van der Waals surface area contributed by atoms with Gasteiger partial charge < -0.3 is 15.3 Å². The van der Waals surface area contributed by atoms with Crippen LogP contribution in [0.2, 0.25) is 0 Å². The average molecular weight is 313 g/mol. The number of hydrogen-bond donors (Lipinski definition) is 2. The summed E-state index contributed by atoms with van der Waals surface area (Å²) in [7, 11) is 0. The number of hydrogen-bond acceptors (Lipinski definition) is 4. The van der Waals surface area contributed by atoms with Gasteiger partial charge in [0.05, 0.1) is 5.56 Å². The molecule has 0 aliphatic heterocycles. The van der Waals surface area contributed by atoms with Crippen LogP contribution in [0.1, 0.15) is 35.3 Å². The fourth-order valence-electron chi connectivity index (χ4n) is 2.37. The number of nitrogens with zero attached hydrogens (tertiary/aromatic N) is 2. The highest BCUT2D eigenvalue weighted by Gasteiger charge is 2.04. The van der Waals surface area contributed by atoms with Gasteiger partial charge in [0.2, 0.25) is 0 Å². The maximum absolute atomic E-state index is 10.8. The summed E-state index contributed by atoms with van der Waals surface area (Å²) < 4.78 is 0. The second kappa shape index (κ2) is 8.29. The number of nitrogens with one attached hydrogen (secondary N) is 1. The summed E-state index contributed by atoms with van der Waals surface area (Å²) in [5.41, 5.74) is 2.50. The number of aromatic carboxylic acids is 1. The molecule has 0 aliphatic rings. The molecule has 1 aromatic carbocycles. The van der Waals surface area contributed by atoms with Gasteiger partial charge >= 0.3 is 5.97 Å². The second-order valence-electron chi connectivity index (χ2n) is 5.30. The van der Waals surface area contributed by atoms with E-state index >= 15 is 0 Å². The van der Waals surface area contributed by atoms with Crippen molar-refractivity contribution in [2.45, 2.75) is 26.9 Å². The number of rotatable bonds is 8. The number of benzene rings is 1. The van der Waals surface area contributed by atoms with Gasteiger partial charge in [-0.3, -0.25) is 0 Å². The van der Waals surface area contributed by atoms with Crippen molar-refractivity contribution in [3.05, 3.63) is 59.3 Å². The van der Waals surface area contributed by atoms with Crippen LogP contribution in [-0.2, 0) is 13.1 Å². The molecule has 2 aromatic rings. The highest BCUT2D eigenvalue weighted by Crippen LogP contribution is 2.11. The minimum absolute atomic E-state index is 0.310. The summed E-state index contributed by atoms with van der Waals surface area (Å²) in [6, 6.07) is 11.0. The van der Waals surface area contributed by atoms with E-state index in [1.54, 1.807) is 12.1 Å². The monoisotopic (exact) mass is 313 g/mol. The largest absolute Gasteiger partial charge is 0.478 e. The van der Waals surface area contributed by atoms with Gasteiger partial charge in [-0.15, -0.1) is 0 Å². The van der Waals surface area contributed by atoms with Gasteiger partial charge in [0.25, 0.3) is 0 Å².